The van der Waals surface area contributed by atoms with Crippen LogP contribution in [0.3, 0.4) is 0 Å². The Morgan fingerprint density at radius 2 is 2.04 bits per heavy atom. The van der Waals surface area contributed by atoms with Gasteiger partial charge in [0.2, 0.25) is 0 Å². The predicted molar refractivity (Wildman–Crippen MR) is 105 cm³/mol. The number of carbonyl (C=O) groups is 1. The summed E-state index contributed by atoms with van der Waals surface area (Å²) in [7, 11) is 1.56. The van der Waals surface area contributed by atoms with E-state index in [9.17, 15) is 4.79 Å². The summed E-state index contributed by atoms with van der Waals surface area (Å²) in [5.74, 6) is 1.46. The molecule has 3 aromatic rings. The van der Waals surface area contributed by atoms with Crippen LogP contribution in [0.15, 0.2) is 48.8 Å². The number of ether oxygens (including phenoxy) is 2. The van der Waals surface area contributed by atoms with Crippen molar-refractivity contribution in [3.63, 3.8) is 0 Å². The zero-order valence-corrected chi connectivity index (χ0v) is 16.1. The third-order valence-corrected chi connectivity index (χ3v) is 4.10. The molecule has 1 amide bonds. The number of nitrogens with one attached hydrogen (secondary N) is 1. The SMILES string of the molecule is COc1cc(C(=O)Nc2cccc(-n3cnnn3)c2)ccc1OCCC(C)C. The van der Waals surface area contributed by atoms with Crippen LogP contribution in [0.2, 0.25) is 0 Å². The second kappa shape index (κ2) is 8.98. The van der Waals surface area contributed by atoms with Crippen LogP contribution in [0.25, 0.3) is 5.69 Å². The van der Waals surface area contributed by atoms with Gasteiger partial charge in [-0.15, -0.1) is 5.10 Å². The monoisotopic (exact) mass is 381 g/mol. The lowest BCUT2D eigenvalue weighted by atomic mass is 10.1. The molecule has 0 aliphatic carbocycles. The minimum atomic E-state index is -0.249. The normalized spacial score (nSPS) is 10.7. The van der Waals surface area contributed by atoms with Crippen molar-refractivity contribution in [1.82, 2.24) is 20.2 Å². The maximum Gasteiger partial charge on any atom is 0.255 e. The molecule has 0 unspecified atom stereocenters. The van der Waals surface area contributed by atoms with E-state index in [-0.39, 0.29) is 5.91 Å². The van der Waals surface area contributed by atoms with Crippen LogP contribution in [0.1, 0.15) is 30.6 Å². The molecule has 28 heavy (non-hydrogen) atoms. The highest BCUT2D eigenvalue weighted by Gasteiger charge is 2.12. The number of anilines is 1. The van der Waals surface area contributed by atoms with Crippen LogP contribution in [0.5, 0.6) is 11.5 Å². The third-order valence-electron chi connectivity index (χ3n) is 4.10. The molecule has 0 aliphatic rings. The molecule has 0 bridgehead atoms. The highest BCUT2D eigenvalue weighted by Crippen LogP contribution is 2.29. The van der Waals surface area contributed by atoms with Gasteiger partial charge >= 0.3 is 0 Å². The Balaban J connectivity index is 1.71. The third kappa shape index (κ3) is 4.85. The van der Waals surface area contributed by atoms with E-state index in [0.29, 0.717) is 35.3 Å². The number of aromatic nitrogens is 4. The molecule has 1 heterocycles. The van der Waals surface area contributed by atoms with Gasteiger partial charge in [-0.3, -0.25) is 4.79 Å². The number of hydrogen-bond donors (Lipinski definition) is 1. The molecule has 3 rings (SSSR count). The summed E-state index contributed by atoms with van der Waals surface area (Å²) in [6.45, 7) is 4.88. The zero-order valence-electron chi connectivity index (χ0n) is 16.1. The average Bonchev–Trinajstić information content (AvgIpc) is 3.23. The molecule has 2 aromatic carbocycles. The molecule has 0 aliphatic heterocycles. The molecule has 0 radical (unpaired) electrons. The molecular weight excluding hydrogens is 358 g/mol. The Morgan fingerprint density at radius 3 is 2.75 bits per heavy atom. The minimum Gasteiger partial charge on any atom is -0.493 e. The molecular formula is C20H23N5O3. The first-order chi connectivity index (χ1) is 13.6. The Hall–Kier alpha value is -3.42. The van der Waals surface area contributed by atoms with E-state index in [2.05, 4.69) is 34.7 Å². The van der Waals surface area contributed by atoms with E-state index >= 15 is 0 Å². The van der Waals surface area contributed by atoms with Gasteiger partial charge in [-0.25, -0.2) is 4.68 Å². The largest absolute Gasteiger partial charge is 0.493 e. The first-order valence-electron chi connectivity index (χ1n) is 9.02. The summed E-state index contributed by atoms with van der Waals surface area (Å²) in [5, 5.41) is 13.9. The standard InChI is InChI=1S/C20H23N5O3/c1-14(2)9-10-28-18-8-7-15(11-19(18)27-3)20(26)22-16-5-4-6-17(12-16)25-13-21-23-24-25/h4-8,11-14H,9-10H2,1-3H3,(H,22,26). The number of amides is 1. The van der Waals surface area contributed by atoms with Gasteiger partial charge in [0.25, 0.3) is 5.91 Å². The molecule has 0 atom stereocenters. The molecule has 0 spiro atoms. The van der Waals surface area contributed by atoms with E-state index in [0.717, 1.165) is 12.1 Å². The van der Waals surface area contributed by atoms with Crippen molar-refractivity contribution < 1.29 is 14.3 Å². The topological polar surface area (TPSA) is 91.2 Å². The summed E-state index contributed by atoms with van der Waals surface area (Å²) in [4.78, 5) is 12.6. The van der Waals surface area contributed by atoms with E-state index in [1.165, 1.54) is 11.0 Å². The van der Waals surface area contributed by atoms with E-state index in [1.807, 2.05) is 12.1 Å². The molecule has 0 fully saturated rings. The number of hydrogen-bond acceptors (Lipinski definition) is 6. The quantitative estimate of drug-likeness (QED) is 0.643. The first-order valence-corrected chi connectivity index (χ1v) is 9.02. The molecule has 146 valence electrons. The Morgan fingerprint density at radius 1 is 1.18 bits per heavy atom. The highest BCUT2D eigenvalue weighted by molar-refractivity contribution is 6.04. The average molecular weight is 381 g/mol. The van der Waals surface area contributed by atoms with Gasteiger partial charge in [-0.2, -0.15) is 0 Å². The predicted octanol–water partition coefficient (Wildman–Crippen LogP) is 3.35. The van der Waals surface area contributed by atoms with Gasteiger partial charge in [0.1, 0.15) is 6.33 Å². The van der Waals surface area contributed by atoms with Gasteiger partial charge in [0.05, 0.1) is 19.4 Å². The first kappa shape index (κ1) is 19.3. The van der Waals surface area contributed by atoms with Crippen molar-refractivity contribution in [2.45, 2.75) is 20.3 Å². The number of tetrazole rings is 1. The number of carbonyl (C=O) groups excluding carboxylic acids is 1. The summed E-state index contributed by atoms with van der Waals surface area (Å²) in [6, 6.07) is 12.4. The van der Waals surface area contributed by atoms with Crippen LogP contribution in [0.4, 0.5) is 5.69 Å². The Labute approximate surface area is 163 Å². The fourth-order valence-electron chi connectivity index (χ4n) is 2.54. The summed E-state index contributed by atoms with van der Waals surface area (Å²) >= 11 is 0. The molecule has 8 heteroatoms. The van der Waals surface area contributed by atoms with Crippen LogP contribution >= 0.6 is 0 Å². The van der Waals surface area contributed by atoms with Crippen molar-refractivity contribution in [3.8, 4) is 17.2 Å². The summed E-state index contributed by atoms with van der Waals surface area (Å²) in [5.41, 5.74) is 1.85. The van der Waals surface area contributed by atoms with Crippen molar-refractivity contribution in [3.05, 3.63) is 54.4 Å². The second-order valence-corrected chi connectivity index (χ2v) is 6.66. The van der Waals surface area contributed by atoms with Gasteiger partial charge in [0.15, 0.2) is 11.5 Å². The van der Waals surface area contributed by atoms with E-state index in [4.69, 9.17) is 9.47 Å². The summed E-state index contributed by atoms with van der Waals surface area (Å²) in [6.07, 6.45) is 2.44. The maximum atomic E-state index is 12.6. The van der Waals surface area contributed by atoms with Gasteiger partial charge in [-0.05, 0) is 59.2 Å². The number of methoxy groups -OCH3 is 1. The number of benzene rings is 2. The summed E-state index contributed by atoms with van der Waals surface area (Å²) < 4.78 is 12.7. The van der Waals surface area contributed by atoms with E-state index in [1.54, 1.807) is 37.4 Å². The molecule has 0 saturated heterocycles. The van der Waals surface area contributed by atoms with Gasteiger partial charge in [-0.1, -0.05) is 19.9 Å². The second-order valence-electron chi connectivity index (χ2n) is 6.66. The zero-order chi connectivity index (χ0) is 19.9. The fourth-order valence-corrected chi connectivity index (χ4v) is 2.54. The van der Waals surface area contributed by atoms with Crippen molar-refractivity contribution in [1.29, 1.82) is 0 Å². The Kier molecular flexibility index (Phi) is 6.21. The number of rotatable bonds is 8. The van der Waals surface area contributed by atoms with Crippen LogP contribution in [-0.2, 0) is 0 Å². The van der Waals surface area contributed by atoms with Crippen molar-refractivity contribution in [2.24, 2.45) is 5.92 Å². The minimum absolute atomic E-state index is 0.249. The highest BCUT2D eigenvalue weighted by atomic mass is 16.5. The smallest absolute Gasteiger partial charge is 0.255 e. The number of nitrogens with zero attached hydrogens (tertiary/aromatic N) is 4. The van der Waals surface area contributed by atoms with E-state index < -0.39 is 0 Å². The fraction of sp³-hybridized carbons (Fsp3) is 0.300. The van der Waals surface area contributed by atoms with Crippen molar-refractivity contribution >= 4 is 11.6 Å². The Bertz CT molecular complexity index is 925. The lowest BCUT2D eigenvalue weighted by Crippen LogP contribution is -2.12. The lowest BCUT2D eigenvalue weighted by molar-refractivity contribution is 0.102. The molecule has 8 nitrogen and oxygen atoms in total. The van der Waals surface area contributed by atoms with Crippen molar-refractivity contribution in [2.75, 3.05) is 19.0 Å². The van der Waals surface area contributed by atoms with Crippen LogP contribution < -0.4 is 14.8 Å². The lowest BCUT2D eigenvalue weighted by Gasteiger charge is -2.13. The molecule has 1 N–H and O–H groups in total. The molecule has 0 saturated carbocycles. The van der Waals surface area contributed by atoms with Gasteiger partial charge < -0.3 is 14.8 Å². The van der Waals surface area contributed by atoms with Crippen LogP contribution in [0, 0.1) is 5.92 Å². The van der Waals surface area contributed by atoms with Gasteiger partial charge in [0, 0.05) is 11.3 Å². The van der Waals surface area contributed by atoms with Crippen LogP contribution in [-0.4, -0.2) is 39.8 Å². The molecule has 1 aromatic heterocycles. The maximum absolute atomic E-state index is 12.6.